The van der Waals surface area contributed by atoms with Gasteiger partial charge in [-0.15, -0.1) is 0 Å². The van der Waals surface area contributed by atoms with Crippen molar-refractivity contribution in [3.63, 3.8) is 0 Å². The van der Waals surface area contributed by atoms with Crippen molar-refractivity contribution in [1.82, 2.24) is 9.38 Å². The van der Waals surface area contributed by atoms with Crippen LogP contribution in [0.4, 0.5) is 0 Å². The number of aromatic nitrogens is 2. The van der Waals surface area contributed by atoms with Crippen molar-refractivity contribution in [1.29, 1.82) is 0 Å². The Morgan fingerprint density at radius 1 is 1.19 bits per heavy atom. The molecule has 3 aromatic rings. The standard InChI is InChI=1S/C17H17BrN2O/c1-12-5-3-7-14(11-12)21-10-8-15-19-17(18)16-13(2)6-4-9-20(15)16/h3-7,9,11H,8,10H2,1-2H3. The summed E-state index contributed by atoms with van der Waals surface area (Å²) in [4.78, 5) is 4.60. The van der Waals surface area contributed by atoms with Crippen LogP contribution in [0.3, 0.4) is 0 Å². The van der Waals surface area contributed by atoms with E-state index in [-0.39, 0.29) is 0 Å². The Hall–Kier alpha value is -1.81. The van der Waals surface area contributed by atoms with Crippen molar-refractivity contribution in [2.24, 2.45) is 0 Å². The van der Waals surface area contributed by atoms with Crippen LogP contribution in [-0.4, -0.2) is 16.0 Å². The number of benzene rings is 1. The van der Waals surface area contributed by atoms with Gasteiger partial charge < -0.3 is 9.14 Å². The second-order valence-corrected chi connectivity index (χ2v) is 5.89. The number of pyridine rings is 1. The molecule has 2 aromatic heterocycles. The van der Waals surface area contributed by atoms with E-state index < -0.39 is 0 Å². The average Bonchev–Trinajstić information content (AvgIpc) is 2.77. The van der Waals surface area contributed by atoms with Crippen LogP contribution >= 0.6 is 15.9 Å². The number of ether oxygens (including phenoxy) is 1. The van der Waals surface area contributed by atoms with E-state index in [1.54, 1.807) is 0 Å². The number of nitrogens with zero attached hydrogens (tertiary/aromatic N) is 2. The first-order valence-electron chi connectivity index (χ1n) is 6.96. The normalized spacial score (nSPS) is 11.0. The Kier molecular flexibility index (Phi) is 3.97. The van der Waals surface area contributed by atoms with Gasteiger partial charge in [0.15, 0.2) is 0 Å². The van der Waals surface area contributed by atoms with Crippen molar-refractivity contribution < 1.29 is 4.74 Å². The Labute approximate surface area is 132 Å². The first-order chi connectivity index (χ1) is 10.1. The molecular formula is C17H17BrN2O. The van der Waals surface area contributed by atoms with E-state index >= 15 is 0 Å². The third kappa shape index (κ3) is 2.95. The molecule has 0 amide bonds. The van der Waals surface area contributed by atoms with Crippen molar-refractivity contribution in [2.75, 3.05) is 6.61 Å². The molecule has 0 spiro atoms. The zero-order valence-electron chi connectivity index (χ0n) is 12.1. The number of hydrogen-bond donors (Lipinski definition) is 0. The zero-order chi connectivity index (χ0) is 14.8. The summed E-state index contributed by atoms with van der Waals surface area (Å²) in [5, 5.41) is 0. The minimum absolute atomic E-state index is 0.614. The molecule has 3 nitrogen and oxygen atoms in total. The smallest absolute Gasteiger partial charge is 0.132 e. The monoisotopic (exact) mass is 344 g/mol. The maximum Gasteiger partial charge on any atom is 0.132 e. The van der Waals surface area contributed by atoms with E-state index in [0.717, 1.165) is 28.1 Å². The van der Waals surface area contributed by atoms with Crippen molar-refractivity contribution >= 4 is 21.4 Å². The van der Waals surface area contributed by atoms with Crippen molar-refractivity contribution in [3.05, 3.63) is 64.1 Å². The summed E-state index contributed by atoms with van der Waals surface area (Å²) >= 11 is 3.54. The Bertz CT molecular complexity index is 780. The molecule has 0 atom stereocenters. The number of imidazole rings is 1. The maximum absolute atomic E-state index is 5.81. The molecule has 0 aliphatic rings. The fourth-order valence-corrected chi connectivity index (χ4v) is 3.16. The number of halogens is 1. The van der Waals surface area contributed by atoms with Crippen molar-refractivity contribution in [2.45, 2.75) is 20.3 Å². The molecule has 0 aliphatic heterocycles. The third-order valence-corrected chi connectivity index (χ3v) is 4.03. The molecule has 0 fully saturated rings. The third-order valence-electron chi connectivity index (χ3n) is 3.48. The van der Waals surface area contributed by atoms with Crippen LogP contribution in [0.1, 0.15) is 17.0 Å². The van der Waals surface area contributed by atoms with Gasteiger partial charge in [0.25, 0.3) is 0 Å². The summed E-state index contributed by atoms with van der Waals surface area (Å²) < 4.78 is 8.83. The molecule has 3 rings (SSSR count). The predicted octanol–water partition coefficient (Wildman–Crippen LogP) is 4.34. The van der Waals surface area contributed by atoms with Crippen molar-refractivity contribution in [3.8, 4) is 5.75 Å². The molecule has 0 N–H and O–H groups in total. The lowest BCUT2D eigenvalue weighted by Gasteiger charge is -2.06. The molecular weight excluding hydrogens is 328 g/mol. The van der Waals surface area contributed by atoms with Gasteiger partial charge in [0.2, 0.25) is 0 Å². The maximum atomic E-state index is 5.81. The average molecular weight is 345 g/mol. The Morgan fingerprint density at radius 2 is 2.05 bits per heavy atom. The largest absolute Gasteiger partial charge is 0.493 e. The predicted molar refractivity (Wildman–Crippen MR) is 88.0 cm³/mol. The van der Waals surface area contributed by atoms with Gasteiger partial charge in [-0.25, -0.2) is 4.98 Å². The van der Waals surface area contributed by atoms with E-state index in [0.29, 0.717) is 6.61 Å². The summed E-state index contributed by atoms with van der Waals surface area (Å²) in [6.07, 6.45) is 2.81. The van der Waals surface area contributed by atoms with Gasteiger partial charge in [0.05, 0.1) is 12.1 Å². The Morgan fingerprint density at radius 3 is 2.86 bits per heavy atom. The molecule has 0 saturated carbocycles. The molecule has 0 bridgehead atoms. The topological polar surface area (TPSA) is 26.5 Å². The van der Waals surface area contributed by atoms with Crippen LogP contribution in [-0.2, 0) is 6.42 Å². The lowest BCUT2D eigenvalue weighted by Crippen LogP contribution is -2.05. The number of aryl methyl sites for hydroxylation is 2. The summed E-state index contributed by atoms with van der Waals surface area (Å²) in [6.45, 7) is 4.77. The Balaban J connectivity index is 1.75. The SMILES string of the molecule is Cc1cccc(OCCc2nc(Br)c3c(C)cccn23)c1. The number of rotatable bonds is 4. The summed E-state index contributed by atoms with van der Waals surface area (Å²) in [5.74, 6) is 1.92. The van der Waals surface area contributed by atoms with Gasteiger partial charge in [-0.1, -0.05) is 18.2 Å². The van der Waals surface area contributed by atoms with Crippen LogP contribution in [0.2, 0.25) is 0 Å². The quantitative estimate of drug-likeness (QED) is 0.703. The van der Waals surface area contributed by atoms with E-state index in [2.05, 4.69) is 51.3 Å². The molecule has 0 saturated heterocycles. The van der Waals surface area contributed by atoms with Crippen LogP contribution < -0.4 is 4.74 Å². The van der Waals surface area contributed by atoms with Gasteiger partial charge in [-0.3, -0.25) is 0 Å². The highest BCUT2D eigenvalue weighted by Crippen LogP contribution is 2.22. The summed E-state index contributed by atoms with van der Waals surface area (Å²) in [5.41, 5.74) is 3.54. The van der Waals surface area contributed by atoms with E-state index in [1.165, 1.54) is 11.1 Å². The van der Waals surface area contributed by atoms with Crippen LogP contribution in [0.25, 0.3) is 5.52 Å². The van der Waals surface area contributed by atoms with Crippen LogP contribution in [0.15, 0.2) is 47.2 Å². The second-order valence-electron chi connectivity index (χ2n) is 5.14. The van der Waals surface area contributed by atoms with E-state index in [9.17, 15) is 0 Å². The first kappa shape index (κ1) is 14.1. The minimum atomic E-state index is 0.614. The molecule has 108 valence electrons. The van der Waals surface area contributed by atoms with Gasteiger partial charge >= 0.3 is 0 Å². The lowest BCUT2D eigenvalue weighted by atomic mass is 10.2. The first-order valence-corrected chi connectivity index (χ1v) is 7.76. The molecule has 4 heteroatoms. The second kappa shape index (κ2) is 5.90. The molecule has 0 radical (unpaired) electrons. The summed E-state index contributed by atoms with van der Waals surface area (Å²) in [7, 11) is 0. The van der Waals surface area contributed by atoms with Gasteiger partial charge in [0.1, 0.15) is 16.2 Å². The van der Waals surface area contributed by atoms with Crippen LogP contribution in [0, 0.1) is 13.8 Å². The van der Waals surface area contributed by atoms with Gasteiger partial charge in [0, 0.05) is 12.6 Å². The summed E-state index contributed by atoms with van der Waals surface area (Å²) in [6, 6.07) is 12.2. The van der Waals surface area contributed by atoms with E-state index in [4.69, 9.17) is 4.74 Å². The van der Waals surface area contributed by atoms with Crippen LogP contribution in [0.5, 0.6) is 5.75 Å². The highest BCUT2D eigenvalue weighted by atomic mass is 79.9. The fraction of sp³-hybridized carbons (Fsp3) is 0.235. The molecule has 1 aromatic carbocycles. The van der Waals surface area contributed by atoms with E-state index in [1.807, 2.05) is 30.5 Å². The number of fused-ring (bicyclic) bond motifs is 1. The molecule has 2 heterocycles. The number of hydrogen-bond acceptors (Lipinski definition) is 2. The highest BCUT2D eigenvalue weighted by molar-refractivity contribution is 9.10. The lowest BCUT2D eigenvalue weighted by molar-refractivity contribution is 0.318. The fourth-order valence-electron chi connectivity index (χ4n) is 2.46. The van der Waals surface area contributed by atoms with Gasteiger partial charge in [-0.2, -0.15) is 0 Å². The highest BCUT2D eigenvalue weighted by Gasteiger charge is 2.10. The molecule has 21 heavy (non-hydrogen) atoms. The molecule has 0 aliphatic carbocycles. The van der Waals surface area contributed by atoms with Gasteiger partial charge in [-0.05, 0) is 59.1 Å². The zero-order valence-corrected chi connectivity index (χ0v) is 13.7. The minimum Gasteiger partial charge on any atom is -0.493 e. The molecule has 0 unspecified atom stereocenters.